The lowest BCUT2D eigenvalue weighted by atomic mass is 9.97. The average molecular weight is 427 g/mol. The highest BCUT2D eigenvalue weighted by Crippen LogP contribution is 2.21. The molecule has 0 radical (unpaired) electrons. The number of likely N-dealkylation sites (tertiary alicyclic amines) is 1. The predicted molar refractivity (Wildman–Crippen MR) is 114 cm³/mol. The molecule has 1 fully saturated rings. The minimum absolute atomic E-state index is 0.0585. The number of hydrogen-bond donors (Lipinski definition) is 1. The van der Waals surface area contributed by atoms with Crippen LogP contribution in [0, 0.1) is 5.92 Å². The number of carbonyl (C=O) groups excluding carboxylic acids is 2. The molecule has 0 saturated carbocycles. The van der Waals surface area contributed by atoms with Gasteiger partial charge in [0.25, 0.3) is 0 Å². The van der Waals surface area contributed by atoms with Gasteiger partial charge in [-0.2, -0.15) is 0 Å². The van der Waals surface area contributed by atoms with Crippen LogP contribution in [0.4, 0.5) is 0 Å². The zero-order valence-electron chi connectivity index (χ0n) is 16.5. The molecule has 1 aliphatic heterocycles. The number of benzene rings is 2. The summed E-state index contributed by atoms with van der Waals surface area (Å²) < 4.78 is 7.74. The molecule has 2 amide bonds. The molecule has 2 heterocycles. The minimum Gasteiger partial charge on any atom is -0.486 e. The Labute approximate surface area is 179 Å². The topological polar surface area (TPSA) is 90.5 Å². The van der Waals surface area contributed by atoms with Crippen molar-refractivity contribution in [1.82, 2.24) is 14.5 Å². The fraction of sp³-hybridized carbons (Fsp3) is 0.318. The molecule has 8 heteroatoms. The number of ether oxygens (including phenoxy) is 1. The lowest BCUT2D eigenvalue weighted by Gasteiger charge is -2.31. The van der Waals surface area contributed by atoms with Crippen LogP contribution < -0.4 is 10.5 Å². The number of hydrogen-bond acceptors (Lipinski definition) is 4. The monoisotopic (exact) mass is 426 g/mol. The van der Waals surface area contributed by atoms with Crippen molar-refractivity contribution in [2.24, 2.45) is 11.7 Å². The van der Waals surface area contributed by atoms with Gasteiger partial charge in [0, 0.05) is 18.1 Å². The molecule has 7 nitrogen and oxygen atoms in total. The second-order valence-electron chi connectivity index (χ2n) is 7.43. The highest BCUT2D eigenvalue weighted by atomic mass is 35.5. The summed E-state index contributed by atoms with van der Waals surface area (Å²) in [6.45, 7) is 1.35. The van der Waals surface area contributed by atoms with E-state index in [0.29, 0.717) is 29.7 Å². The van der Waals surface area contributed by atoms with E-state index in [1.807, 2.05) is 28.8 Å². The molecule has 156 valence electrons. The maximum Gasteiger partial charge on any atom is 0.242 e. The molecule has 3 aromatic rings. The molecule has 1 aliphatic rings. The summed E-state index contributed by atoms with van der Waals surface area (Å²) in [5.74, 6) is 0.636. The first kappa shape index (κ1) is 20.2. The van der Waals surface area contributed by atoms with Gasteiger partial charge < -0.3 is 19.9 Å². The Hall–Kier alpha value is -3.06. The SMILES string of the molecule is NC(=O)C1CCCN(C(=O)Cn2c(COc3ccc(Cl)cc3)nc3ccccc32)C1. The van der Waals surface area contributed by atoms with Gasteiger partial charge >= 0.3 is 0 Å². The lowest BCUT2D eigenvalue weighted by Crippen LogP contribution is -2.45. The third-order valence-corrected chi connectivity index (χ3v) is 5.64. The highest BCUT2D eigenvalue weighted by Gasteiger charge is 2.27. The van der Waals surface area contributed by atoms with E-state index in [4.69, 9.17) is 22.1 Å². The van der Waals surface area contributed by atoms with Crippen LogP contribution in [-0.4, -0.2) is 39.4 Å². The molecule has 1 atom stereocenters. The van der Waals surface area contributed by atoms with Crippen molar-refractivity contribution in [2.75, 3.05) is 13.1 Å². The number of primary amides is 1. The Morgan fingerprint density at radius 3 is 2.70 bits per heavy atom. The van der Waals surface area contributed by atoms with Crippen LogP contribution >= 0.6 is 11.6 Å². The number of fused-ring (bicyclic) bond motifs is 1. The van der Waals surface area contributed by atoms with Crippen LogP contribution in [0.25, 0.3) is 11.0 Å². The Morgan fingerprint density at radius 2 is 1.93 bits per heavy atom. The molecular weight excluding hydrogens is 404 g/mol. The Bertz CT molecular complexity index is 1060. The van der Waals surface area contributed by atoms with Crippen LogP contribution in [0.2, 0.25) is 5.02 Å². The number of carbonyl (C=O) groups is 2. The van der Waals surface area contributed by atoms with Gasteiger partial charge in [-0.25, -0.2) is 4.98 Å². The van der Waals surface area contributed by atoms with Gasteiger partial charge in [0.05, 0.1) is 17.0 Å². The number of imidazole rings is 1. The molecule has 30 heavy (non-hydrogen) atoms. The largest absolute Gasteiger partial charge is 0.486 e. The first-order chi connectivity index (χ1) is 14.5. The molecule has 0 bridgehead atoms. The zero-order valence-corrected chi connectivity index (χ0v) is 17.2. The van der Waals surface area contributed by atoms with Crippen LogP contribution in [0.3, 0.4) is 0 Å². The molecule has 2 aromatic carbocycles. The summed E-state index contributed by atoms with van der Waals surface area (Å²) >= 11 is 5.93. The number of nitrogens with zero attached hydrogens (tertiary/aromatic N) is 3. The van der Waals surface area contributed by atoms with Crippen molar-refractivity contribution in [1.29, 1.82) is 0 Å². The number of rotatable bonds is 6. The van der Waals surface area contributed by atoms with E-state index in [1.165, 1.54) is 0 Å². The number of aromatic nitrogens is 2. The maximum atomic E-state index is 13.0. The fourth-order valence-corrected chi connectivity index (χ4v) is 3.89. The Kier molecular flexibility index (Phi) is 5.90. The van der Waals surface area contributed by atoms with E-state index < -0.39 is 0 Å². The van der Waals surface area contributed by atoms with E-state index >= 15 is 0 Å². The van der Waals surface area contributed by atoms with Crippen molar-refractivity contribution < 1.29 is 14.3 Å². The van der Waals surface area contributed by atoms with Crippen molar-refractivity contribution in [2.45, 2.75) is 26.0 Å². The quantitative estimate of drug-likeness (QED) is 0.656. The number of amides is 2. The van der Waals surface area contributed by atoms with Gasteiger partial charge in [-0.05, 0) is 49.2 Å². The van der Waals surface area contributed by atoms with Crippen molar-refractivity contribution in [3.05, 3.63) is 59.4 Å². The number of halogens is 1. The van der Waals surface area contributed by atoms with Gasteiger partial charge in [-0.3, -0.25) is 9.59 Å². The minimum atomic E-state index is -0.349. The van der Waals surface area contributed by atoms with E-state index in [9.17, 15) is 9.59 Å². The van der Waals surface area contributed by atoms with E-state index in [0.717, 1.165) is 23.9 Å². The van der Waals surface area contributed by atoms with Crippen molar-refractivity contribution in [3.63, 3.8) is 0 Å². The highest BCUT2D eigenvalue weighted by molar-refractivity contribution is 6.30. The van der Waals surface area contributed by atoms with Crippen molar-refractivity contribution in [3.8, 4) is 5.75 Å². The first-order valence-electron chi connectivity index (χ1n) is 9.91. The number of para-hydroxylation sites is 2. The van der Waals surface area contributed by atoms with E-state index in [-0.39, 0.29) is 30.9 Å². The molecule has 4 rings (SSSR count). The molecule has 0 spiro atoms. The van der Waals surface area contributed by atoms with Crippen LogP contribution in [-0.2, 0) is 22.7 Å². The predicted octanol–water partition coefficient (Wildman–Crippen LogP) is 2.99. The zero-order chi connectivity index (χ0) is 21.1. The van der Waals surface area contributed by atoms with Gasteiger partial charge in [-0.15, -0.1) is 0 Å². The average Bonchev–Trinajstić information content (AvgIpc) is 3.11. The Balaban J connectivity index is 1.54. The summed E-state index contributed by atoms with van der Waals surface area (Å²) in [4.78, 5) is 30.9. The summed E-state index contributed by atoms with van der Waals surface area (Å²) in [5.41, 5.74) is 7.12. The van der Waals surface area contributed by atoms with Gasteiger partial charge in [0.1, 0.15) is 24.7 Å². The van der Waals surface area contributed by atoms with Gasteiger partial charge in [0.2, 0.25) is 11.8 Å². The normalized spacial score (nSPS) is 16.6. The fourth-order valence-electron chi connectivity index (χ4n) is 3.76. The summed E-state index contributed by atoms with van der Waals surface area (Å²) in [5, 5.41) is 0.635. The molecular formula is C22H23ClN4O3. The second-order valence-corrected chi connectivity index (χ2v) is 7.86. The van der Waals surface area contributed by atoms with Gasteiger partial charge in [0.15, 0.2) is 0 Å². The van der Waals surface area contributed by atoms with E-state index in [1.54, 1.807) is 29.2 Å². The smallest absolute Gasteiger partial charge is 0.242 e. The third-order valence-electron chi connectivity index (χ3n) is 5.39. The van der Waals surface area contributed by atoms with Crippen molar-refractivity contribution >= 4 is 34.4 Å². The molecule has 0 aliphatic carbocycles. The number of nitrogens with two attached hydrogens (primary N) is 1. The third kappa shape index (κ3) is 4.41. The van der Waals surface area contributed by atoms with Crippen LogP contribution in [0.1, 0.15) is 18.7 Å². The van der Waals surface area contributed by atoms with Gasteiger partial charge in [-0.1, -0.05) is 23.7 Å². The molecule has 1 aromatic heterocycles. The molecule has 1 saturated heterocycles. The first-order valence-corrected chi connectivity index (χ1v) is 10.3. The summed E-state index contributed by atoms with van der Waals surface area (Å²) in [7, 11) is 0. The molecule has 2 N–H and O–H groups in total. The number of piperidine rings is 1. The van der Waals surface area contributed by atoms with E-state index in [2.05, 4.69) is 4.98 Å². The second kappa shape index (κ2) is 8.75. The lowest BCUT2D eigenvalue weighted by molar-refractivity contribution is -0.135. The Morgan fingerprint density at radius 1 is 1.17 bits per heavy atom. The van der Waals surface area contributed by atoms with Crippen LogP contribution in [0.5, 0.6) is 5.75 Å². The van der Waals surface area contributed by atoms with Crippen LogP contribution in [0.15, 0.2) is 48.5 Å². The molecule has 1 unspecified atom stereocenters. The standard InChI is InChI=1S/C22H23ClN4O3/c23-16-7-9-17(10-8-16)30-14-20-25-18-5-1-2-6-19(18)27(20)13-21(28)26-11-3-4-15(12-26)22(24)29/h1-2,5-10,15H,3-4,11-14H2,(H2,24,29). The summed E-state index contributed by atoms with van der Waals surface area (Å²) in [6, 6.07) is 14.8. The maximum absolute atomic E-state index is 13.0. The summed E-state index contributed by atoms with van der Waals surface area (Å²) in [6.07, 6.45) is 1.50.